The van der Waals surface area contributed by atoms with E-state index in [0.29, 0.717) is 6.42 Å². The first-order valence-corrected chi connectivity index (χ1v) is 4.72. The van der Waals surface area contributed by atoms with E-state index in [0.717, 1.165) is 0 Å². The van der Waals surface area contributed by atoms with Gasteiger partial charge in [0, 0.05) is 0 Å². The van der Waals surface area contributed by atoms with E-state index in [2.05, 4.69) is 11.7 Å². The molecule has 0 fully saturated rings. The van der Waals surface area contributed by atoms with Gasteiger partial charge in [-0.2, -0.15) is 0 Å². The predicted molar refractivity (Wildman–Crippen MR) is 33.1 cm³/mol. The highest BCUT2D eigenvalue weighted by atomic mass is 33.1. The molecule has 0 aromatic carbocycles. The highest BCUT2D eigenvalue weighted by Crippen LogP contribution is 1.95. The van der Waals surface area contributed by atoms with E-state index in [9.17, 15) is 8.42 Å². The summed E-state index contributed by atoms with van der Waals surface area (Å²) in [6, 6.07) is 0. The van der Waals surface area contributed by atoms with Crippen LogP contribution in [0.25, 0.3) is 0 Å². The maximum absolute atomic E-state index is 10.1. The van der Waals surface area contributed by atoms with E-state index in [1.165, 1.54) is 0 Å². The molecule has 0 N–H and O–H groups in total. The lowest BCUT2D eigenvalue weighted by molar-refractivity contribution is 0.609. The van der Waals surface area contributed by atoms with E-state index >= 15 is 0 Å². The second kappa shape index (κ2) is 2.57. The summed E-state index contributed by atoms with van der Waals surface area (Å²) in [7, 11) is -2.98. The molecule has 0 aliphatic carbocycles. The van der Waals surface area contributed by atoms with E-state index in [1.54, 1.807) is 6.92 Å². The Morgan fingerprint density at radius 2 is 2.00 bits per heavy atom. The monoisotopic (exact) mass is 140 g/mol. The fourth-order valence-corrected chi connectivity index (χ4v) is 1.32. The smallest absolute Gasteiger partial charge is 0.198 e. The molecule has 0 bridgehead atoms. The molecular weight excluding hydrogens is 132 g/mol. The highest BCUT2D eigenvalue weighted by molar-refractivity contribution is 8.63. The highest BCUT2D eigenvalue weighted by Gasteiger charge is 1.96. The summed E-state index contributed by atoms with van der Waals surface area (Å²) < 4.78 is 20.2. The fourth-order valence-electron chi connectivity index (χ4n) is 0.258. The van der Waals surface area contributed by atoms with Crippen LogP contribution < -0.4 is 0 Å². The minimum atomic E-state index is -2.98. The summed E-state index contributed by atoms with van der Waals surface area (Å²) in [4.78, 5) is 0. The van der Waals surface area contributed by atoms with Crippen molar-refractivity contribution in [2.24, 2.45) is 0 Å². The van der Waals surface area contributed by atoms with Crippen molar-refractivity contribution >= 4 is 20.5 Å². The average Bonchev–Trinajstić information content (AvgIpc) is 1.30. The molecule has 0 aliphatic heterocycles. The standard InChI is InChI=1S/C3H8O2S2/c1-2-3-7(4,5)6/h2-3H2,1H3,(H,4,5,6). The summed E-state index contributed by atoms with van der Waals surface area (Å²) in [5.41, 5.74) is 0. The van der Waals surface area contributed by atoms with Gasteiger partial charge in [0.1, 0.15) is 0 Å². The van der Waals surface area contributed by atoms with Gasteiger partial charge in [0.15, 0.2) is 8.87 Å². The Labute approximate surface area is 48.6 Å². The summed E-state index contributed by atoms with van der Waals surface area (Å²) in [6.45, 7) is 1.80. The number of hydrogen-bond donors (Lipinski definition) is 1. The van der Waals surface area contributed by atoms with Gasteiger partial charge in [0.05, 0.1) is 5.75 Å². The first-order valence-electron chi connectivity index (χ1n) is 2.01. The third kappa shape index (κ3) is 6.30. The lowest BCUT2D eigenvalue weighted by Gasteiger charge is -1.86. The molecule has 0 aromatic rings. The molecule has 0 heterocycles. The Bertz CT molecular complexity index is 124. The maximum atomic E-state index is 10.1. The first kappa shape index (κ1) is 7.30. The quantitative estimate of drug-likeness (QED) is 0.451. The Kier molecular flexibility index (Phi) is 2.68. The second-order valence-electron chi connectivity index (χ2n) is 1.29. The van der Waals surface area contributed by atoms with Crippen molar-refractivity contribution in [1.82, 2.24) is 0 Å². The van der Waals surface area contributed by atoms with Crippen LogP contribution in [-0.4, -0.2) is 14.2 Å². The van der Waals surface area contributed by atoms with Gasteiger partial charge in [-0.1, -0.05) is 6.92 Å². The van der Waals surface area contributed by atoms with Crippen molar-refractivity contribution in [3.8, 4) is 0 Å². The van der Waals surface area contributed by atoms with Gasteiger partial charge in [-0.05, 0) is 18.1 Å². The fraction of sp³-hybridized carbons (Fsp3) is 1.00. The Morgan fingerprint density at radius 3 is 2.00 bits per heavy atom. The minimum Gasteiger partial charge on any atom is -0.218 e. The van der Waals surface area contributed by atoms with Crippen LogP contribution in [0.15, 0.2) is 0 Å². The molecule has 44 valence electrons. The van der Waals surface area contributed by atoms with Crippen LogP contribution in [0.2, 0.25) is 0 Å². The lowest BCUT2D eigenvalue weighted by Crippen LogP contribution is -1.93. The Morgan fingerprint density at radius 1 is 1.57 bits per heavy atom. The van der Waals surface area contributed by atoms with Crippen molar-refractivity contribution in [2.75, 3.05) is 5.75 Å². The van der Waals surface area contributed by atoms with Gasteiger partial charge in [-0.25, -0.2) is 8.42 Å². The van der Waals surface area contributed by atoms with Crippen molar-refractivity contribution in [3.63, 3.8) is 0 Å². The molecule has 0 atom stereocenters. The molecule has 4 heteroatoms. The van der Waals surface area contributed by atoms with E-state index in [4.69, 9.17) is 0 Å². The molecule has 0 saturated heterocycles. The van der Waals surface area contributed by atoms with Gasteiger partial charge in [0.25, 0.3) is 0 Å². The molecule has 0 rings (SSSR count). The molecule has 0 aliphatic rings. The van der Waals surface area contributed by atoms with Gasteiger partial charge < -0.3 is 0 Å². The molecule has 7 heavy (non-hydrogen) atoms. The third-order valence-electron chi connectivity index (χ3n) is 0.462. The molecule has 0 spiro atoms. The van der Waals surface area contributed by atoms with Crippen LogP contribution in [0.3, 0.4) is 0 Å². The van der Waals surface area contributed by atoms with Gasteiger partial charge in [-0.3, -0.25) is 0 Å². The number of thiol groups is 1. The average molecular weight is 140 g/mol. The van der Waals surface area contributed by atoms with E-state index in [-0.39, 0.29) is 5.75 Å². The zero-order valence-corrected chi connectivity index (χ0v) is 5.80. The van der Waals surface area contributed by atoms with Gasteiger partial charge in [-0.15, -0.1) is 0 Å². The Balaban J connectivity index is 3.60. The molecule has 2 nitrogen and oxygen atoms in total. The molecule has 0 radical (unpaired) electrons. The summed E-state index contributed by atoms with van der Waals surface area (Å²) in [5, 5.41) is 0. The van der Waals surface area contributed by atoms with Crippen LogP contribution in [-0.2, 0) is 8.87 Å². The van der Waals surface area contributed by atoms with Crippen LogP contribution in [0.5, 0.6) is 0 Å². The molecule has 0 unspecified atom stereocenters. The molecule has 0 aromatic heterocycles. The minimum absolute atomic E-state index is 0.177. The van der Waals surface area contributed by atoms with Gasteiger partial charge >= 0.3 is 0 Å². The summed E-state index contributed by atoms with van der Waals surface area (Å²) >= 11 is 3.31. The van der Waals surface area contributed by atoms with Crippen molar-refractivity contribution in [3.05, 3.63) is 0 Å². The lowest BCUT2D eigenvalue weighted by atomic mass is 10.6. The third-order valence-corrected chi connectivity index (χ3v) is 1.93. The van der Waals surface area contributed by atoms with Crippen LogP contribution >= 0.6 is 11.7 Å². The first-order chi connectivity index (χ1) is 3.06. The zero-order chi connectivity index (χ0) is 5.91. The van der Waals surface area contributed by atoms with Crippen LogP contribution in [0.4, 0.5) is 0 Å². The van der Waals surface area contributed by atoms with Crippen molar-refractivity contribution < 1.29 is 8.42 Å². The largest absolute Gasteiger partial charge is 0.218 e. The van der Waals surface area contributed by atoms with Crippen LogP contribution in [0.1, 0.15) is 13.3 Å². The second-order valence-corrected chi connectivity index (χ2v) is 4.53. The predicted octanol–water partition coefficient (Wildman–Crippen LogP) is 0.656. The van der Waals surface area contributed by atoms with Gasteiger partial charge in [0.2, 0.25) is 0 Å². The molecule has 0 amide bonds. The number of hydrogen-bond acceptors (Lipinski definition) is 2. The summed E-state index contributed by atoms with van der Waals surface area (Å²) in [6.07, 6.45) is 0.645. The normalized spacial score (nSPS) is 11.7. The van der Waals surface area contributed by atoms with Crippen molar-refractivity contribution in [2.45, 2.75) is 13.3 Å². The maximum Gasteiger partial charge on any atom is 0.198 e. The number of rotatable bonds is 2. The summed E-state index contributed by atoms with van der Waals surface area (Å²) in [5.74, 6) is 0.177. The SMILES string of the molecule is CCCS(=O)(=O)S. The molecular formula is C3H8O2S2. The van der Waals surface area contributed by atoms with E-state index < -0.39 is 8.87 Å². The van der Waals surface area contributed by atoms with Crippen LogP contribution in [0, 0.1) is 0 Å². The Hall–Kier alpha value is 0.300. The van der Waals surface area contributed by atoms with Crippen molar-refractivity contribution in [1.29, 1.82) is 0 Å². The topological polar surface area (TPSA) is 34.1 Å². The van der Waals surface area contributed by atoms with E-state index in [1.807, 2.05) is 0 Å². The zero-order valence-electron chi connectivity index (χ0n) is 4.09. The molecule has 0 saturated carbocycles.